The van der Waals surface area contributed by atoms with Crippen LogP contribution in [0.1, 0.15) is 44.9 Å². The summed E-state index contributed by atoms with van der Waals surface area (Å²) in [5, 5.41) is 5.70. The van der Waals surface area contributed by atoms with E-state index >= 15 is 0 Å². The number of nitrogens with one attached hydrogen (secondary N) is 1. The topological polar surface area (TPSA) is 12.0 Å². The van der Waals surface area contributed by atoms with E-state index in [2.05, 4.69) is 43.6 Å². The quantitative estimate of drug-likeness (QED) is 0.720. The molecule has 1 rings (SSSR count). The van der Waals surface area contributed by atoms with E-state index in [4.69, 9.17) is 0 Å². The van der Waals surface area contributed by atoms with Crippen LogP contribution in [0, 0.1) is 5.41 Å². The van der Waals surface area contributed by atoms with Crippen LogP contribution in [-0.2, 0) is 6.42 Å². The monoisotopic (exact) mass is 239 g/mol. The second kappa shape index (κ2) is 7.08. The summed E-state index contributed by atoms with van der Waals surface area (Å²) in [6.45, 7) is 9.10. The van der Waals surface area contributed by atoms with E-state index in [0.717, 1.165) is 6.54 Å². The molecule has 1 N–H and O–H groups in total. The lowest BCUT2D eigenvalue weighted by Crippen LogP contribution is -2.33. The Morgan fingerprint density at radius 2 is 2.00 bits per heavy atom. The third-order valence-corrected chi connectivity index (χ3v) is 4.67. The molecule has 0 fully saturated rings. The van der Waals surface area contributed by atoms with Crippen molar-refractivity contribution in [3.05, 3.63) is 22.4 Å². The van der Waals surface area contributed by atoms with Gasteiger partial charge in [0.25, 0.3) is 0 Å². The van der Waals surface area contributed by atoms with Crippen LogP contribution in [0.15, 0.2) is 17.5 Å². The van der Waals surface area contributed by atoms with Crippen LogP contribution in [-0.4, -0.2) is 13.1 Å². The van der Waals surface area contributed by atoms with Gasteiger partial charge in [0, 0.05) is 11.4 Å². The van der Waals surface area contributed by atoms with E-state index in [1.807, 2.05) is 11.3 Å². The number of thiophene rings is 1. The van der Waals surface area contributed by atoms with Gasteiger partial charge in [-0.1, -0.05) is 26.8 Å². The summed E-state index contributed by atoms with van der Waals surface area (Å²) < 4.78 is 0. The molecule has 0 radical (unpaired) electrons. The second-order valence-electron chi connectivity index (χ2n) is 4.57. The summed E-state index contributed by atoms with van der Waals surface area (Å²) in [5.41, 5.74) is 0.500. The second-order valence-corrected chi connectivity index (χ2v) is 5.60. The van der Waals surface area contributed by atoms with Gasteiger partial charge in [0.15, 0.2) is 0 Å². The Hall–Kier alpha value is -0.340. The molecule has 0 aliphatic heterocycles. The van der Waals surface area contributed by atoms with Gasteiger partial charge in [0.1, 0.15) is 0 Å². The van der Waals surface area contributed by atoms with Crippen molar-refractivity contribution >= 4 is 11.3 Å². The van der Waals surface area contributed by atoms with E-state index in [-0.39, 0.29) is 0 Å². The van der Waals surface area contributed by atoms with E-state index in [0.29, 0.717) is 5.41 Å². The predicted octanol–water partition coefficient (Wildman–Crippen LogP) is 4.10. The van der Waals surface area contributed by atoms with Crippen molar-refractivity contribution in [2.45, 2.75) is 46.5 Å². The van der Waals surface area contributed by atoms with E-state index in [1.54, 1.807) is 0 Å². The minimum absolute atomic E-state index is 0.500. The molecule has 0 spiro atoms. The molecule has 0 bridgehead atoms. The van der Waals surface area contributed by atoms with Crippen LogP contribution in [0.2, 0.25) is 0 Å². The maximum atomic E-state index is 3.52. The molecular weight excluding hydrogens is 214 g/mol. The molecule has 1 heterocycles. The molecular formula is C14H25NS. The fraction of sp³-hybridized carbons (Fsp3) is 0.714. The first-order valence-corrected chi connectivity index (χ1v) is 7.37. The Balaban J connectivity index is 2.49. The SMILES string of the molecule is CCNCC(CC)(CC)CCc1cccs1. The zero-order valence-corrected chi connectivity index (χ0v) is 11.7. The fourth-order valence-electron chi connectivity index (χ4n) is 2.18. The molecule has 0 saturated heterocycles. The van der Waals surface area contributed by atoms with Crippen molar-refractivity contribution in [3.8, 4) is 0 Å². The maximum absolute atomic E-state index is 3.52. The zero-order valence-electron chi connectivity index (χ0n) is 10.9. The van der Waals surface area contributed by atoms with Gasteiger partial charge in [0.2, 0.25) is 0 Å². The van der Waals surface area contributed by atoms with Crippen molar-refractivity contribution < 1.29 is 0 Å². The molecule has 1 aromatic rings. The molecule has 0 amide bonds. The lowest BCUT2D eigenvalue weighted by Gasteiger charge is -2.32. The normalized spacial score (nSPS) is 11.9. The highest BCUT2D eigenvalue weighted by atomic mass is 32.1. The molecule has 0 aliphatic rings. The highest BCUT2D eigenvalue weighted by Crippen LogP contribution is 2.32. The predicted molar refractivity (Wildman–Crippen MR) is 74.2 cm³/mol. The fourth-order valence-corrected chi connectivity index (χ4v) is 2.88. The zero-order chi connectivity index (χ0) is 11.9. The lowest BCUT2D eigenvalue weighted by atomic mass is 9.78. The van der Waals surface area contributed by atoms with Crippen molar-refractivity contribution in [2.75, 3.05) is 13.1 Å². The first kappa shape index (κ1) is 13.7. The van der Waals surface area contributed by atoms with E-state index in [1.165, 1.54) is 37.1 Å². The minimum atomic E-state index is 0.500. The first-order valence-electron chi connectivity index (χ1n) is 6.49. The highest BCUT2D eigenvalue weighted by Gasteiger charge is 2.25. The molecule has 2 heteroatoms. The summed E-state index contributed by atoms with van der Waals surface area (Å²) in [6.07, 6.45) is 5.11. The Kier molecular flexibility index (Phi) is 6.07. The Morgan fingerprint density at radius 3 is 2.50 bits per heavy atom. The Bertz CT molecular complexity index is 262. The van der Waals surface area contributed by atoms with E-state index < -0.39 is 0 Å². The van der Waals surface area contributed by atoms with Gasteiger partial charge in [-0.25, -0.2) is 0 Å². The van der Waals surface area contributed by atoms with Crippen LogP contribution in [0.5, 0.6) is 0 Å². The molecule has 0 aliphatic carbocycles. The average molecular weight is 239 g/mol. The first-order chi connectivity index (χ1) is 7.76. The molecule has 0 aromatic carbocycles. The maximum Gasteiger partial charge on any atom is 0.00454 e. The highest BCUT2D eigenvalue weighted by molar-refractivity contribution is 7.09. The Labute approximate surface area is 104 Å². The van der Waals surface area contributed by atoms with E-state index in [9.17, 15) is 0 Å². The third-order valence-electron chi connectivity index (χ3n) is 3.73. The van der Waals surface area contributed by atoms with Gasteiger partial charge in [-0.05, 0) is 49.1 Å². The van der Waals surface area contributed by atoms with Crippen LogP contribution >= 0.6 is 11.3 Å². The van der Waals surface area contributed by atoms with Crippen LogP contribution in [0.25, 0.3) is 0 Å². The van der Waals surface area contributed by atoms with Crippen molar-refractivity contribution in [2.24, 2.45) is 5.41 Å². The Morgan fingerprint density at radius 1 is 1.25 bits per heavy atom. The van der Waals surface area contributed by atoms with Crippen LogP contribution in [0.3, 0.4) is 0 Å². The molecule has 0 saturated carbocycles. The van der Waals surface area contributed by atoms with Crippen LogP contribution in [0.4, 0.5) is 0 Å². The third kappa shape index (κ3) is 3.91. The van der Waals surface area contributed by atoms with Crippen molar-refractivity contribution in [3.63, 3.8) is 0 Å². The summed E-state index contributed by atoms with van der Waals surface area (Å²) in [7, 11) is 0. The largest absolute Gasteiger partial charge is 0.316 e. The molecule has 16 heavy (non-hydrogen) atoms. The molecule has 1 aromatic heterocycles. The smallest absolute Gasteiger partial charge is 0.00454 e. The number of hydrogen-bond acceptors (Lipinski definition) is 2. The molecule has 1 nitrogen and oxygen atoms in total. The van der Waals surface area contributed by atoms with Gasteiger partial charge in [-0.2, -0.15) is 0 Å². The van der Waals surface area contributed by atoms with Crippen molar-refractivity contribution in [1.82, 2.24) is 5.32 Å². The standard InChI is InChI=1S/C14H25NS/c1-4-14(5-2,12-15-6-3)10-9-13-8-7-11-16-13/h7-8,11,15H,4-6,9-10,12H2,1-3H3. The molecule has 92 valence electrons. The molecule has 0 unspecified atom stereocenters. The minimum Gasteiger partial charge on any atom is -0.316 e. The van der Waals surface area contributed by atoms with Crippen LogP contribution < -0.4 is 5.32 Å². The van der Waals surface area contributed by atoms with Gasteiger partial charge in [0.05, 0.1) is 0 Å². The summed E-state index contributed by atoms with van der Waals surface area (Å²) >= 11 is 1.89. The van der Waals surface area contributed by atoms with Crippen molar-refractivity contribution in [1.29, 1.82) is 0 Å². The molecule has 0 atom stereocenters. The average Bonchev–Trinajstić information content (AvgIpc) is 2.83. The van der Waals surface area contributed by atoms with Gasteiger partial charge in [-0.3, -0.25) is 0 Å². The summed E-state index contributed by atoms with van der Waals surface area (Å²) in [4.78, 5) is 1.53. The lowest BCUT2D eigenvalue weighted by molar-refractivity contribution is 0.230. The summed E-state index contributed by atoms with van der Waals surface area (Å²) in [5.74, 6) is 0. The van der Waals surface area contributed by atoms with Gasteiger partial charge >= 0.3 is 0 Å². The summed E-state index contributed by atoms with van der Waals surface area (Å²) in [6, 6.07) is 4.41. The number of hydrogen-bond donors (Lipinski definition) is 1. The number of aryl methyl sites for hydroxylation is 1. The number of rotatable bonds is 8. The van der Waals surface area contributed by atoms with Gasteiger partial charge < -0.3 is 5.32 Å². The van der Waals surface area contributed by atoms with Gasteiger partial charge in [-0.15, -0.1) is 11.3 Å².